The summed E-state index contributed by atoms with van der Waals surface area (Å²) >= 11 is 5.87. The Morgan fingerprint density at radius 1 is 1.50 bits per heavy atom. The molecule has 14 heavy (non-hydrogen) atoms. The molecule has 0 atom stereocenters. The molecule has 76 valence electrons. The van der Waals surface area contributed by atoms with Crippen LogP contribution < -0.4 is 5.32 Å². The third kappa shape index (κ3) is 3.84. The summed E-state index contributed by atoms with van der Waals surface area (Å²) < 4.78 is 0. The number of halogens is 1. The highest BCUT2D eigenvalue weighted by Gasteiger charge is 1.95. The maximum Gasteiger partial charge on any atom is 0.0409 e. The van der Waals surface area contributed by atoms with E-state index in [1.807, 2.05) is 18.2 Å². The Kier molecular flexibility index (Phi) is 4.54. The lowest BCUT2D eigenvalue weighted by molar-refractivity contribution is 0.740. The summed E-state index contributed by atoms with van der Waals surface area (Å²) in [7, 11) is 0. The van der Waals surface area contributed by atoms with Crippen molar-refractivity contribution in [2.75, 3.05) is 0 Å². The first kappa shape index (κ1) is 11.1. The molecule has 1 rings (SSSR count). The van der Waals surface area contributed by atoms with Crippen molar-refractivity contribution in [1.29, 1.82) is 0 Å². The number of hydrogen-bond acceptors (Lipinski definition) is 1. The fourth-order valence-corrected chi connectivity index (χ4v) is 1.48. The molecule has 0 saturated carbocycles. The van der Waals surface area contributed by atoms with Crippen LogP contribution in [0.25, 0.3) is 0 Å². The molecule has 2 heteroatoms. The van der Waals surface area contributed by atoms with Gasteiger partial charge in [0.25, 0.3) is 0 Å². The minimum absolute atomic E-state index is 0.783. The largest absolute Gasteiger partial charge is 0.385 e. The molecule has 0 unspecified atom stereocenters. The van der Waals surface area contributed by atoms with Crippen LogP contribution in [-0.4, -0.2) is 0 Å². The van der Waals surface area contributed by atoms with E-state index in [4.69, 9.17) is 11.6 Å². The smallest absolute Gasteiger partial charge is 0.0409 e. The zero-order valence-electron chi connectivity index (χ0n) is 8.52. The van der Waals surface area contributed by atoms with Gasteiger partial charge in [-0.25, -0.2) is 0 Å². The predicted molar refractivity (Wildman–Crippen MR) is 62.3 cm³/mol. The van der Waals surface area contributed by atoms with Gasteiger partial charge in [-0.3, -0.25) is 0 Å². The molecule has 0 fully saturated rings. The third-order valence-electron chi connectivity index (χ3n) is 1.98. The molecule has 0 aromatic heterocycles. The van der Waals surface area contributed by atoms with Gasteiger partial charge in [-0.15, -0.1) is 0 Å². The van der Waals surface area contributed by atoms with Gasteiger partial charge in [0.1, 0.15) is 0 Å². The molecule has 1 N–H and O–H groups in total. The van der Waals surface area contributed by atoms with E-state index in [1.165, 1.54) is 5.56 Å². The highest BCUT2D eigenvalue weighted by molar-refractivity contribution is 6.30. The number of nitrogens with one attached hydrogen (secondary N) is 1. The summed E-state index contributed by atoms with van der Waals surface area (Å²) in [5.74, 6) is 0. The van der Waals surface area contributed by atoms with Crippen molar-refractivity contribution in [3.8, 4) is 0 Å². The van der Waals surface area contributed by atoms with Gasteiger partial charge in [0.2, 0.25) is 0 Å². The first-order valence-electron chi connectivity index (χ1n) is 4.88. The molecule has 0 aliphatic heterocycles. The van der Waals surface area contributed by atoms with Gasteiger partial charge < -0.3 is 5.32 Å². The topological polar surface area (TPSA) is 12.0 Å². The Morgan fingerprint density at radius 3 is 2.93 bits per heavy atom. The molecule has 0 radical (unpaired) electrons. The Labute approximate surface area is 90.8 Å². The highest BCUT2D eigenvalue weighted by atomic mass is 35.5. The Bertz CT molecular complexity index is 307. The second kappa shape index (κ2) is 5.71. The molecule has 0 aliphatic rings. The van der Waals surface area contributed by atoms with Crippen LogP contribution in [0.2, 0.25) is 5.02 Å². The number of rotatable bonds is 5. The van der Waals surface area contributed by atoms with E-state index < -0.39 is 0 Å². The lowest BCUT2D eigenvalue weighted by Gasteiger charge is -2.08. The fourth-order valence-electron chi connectivity index (χ4n) is 1.26. The fraction of sp³-hybridized carbons (Fsp3) is 0.333. The van der Waals surface area contributed by atoms with Gasteiger partial charge in [-0.2, -0.15) is 0 Å². The summed E-state index contributed by atoms with van der Waals surface area (Å²) in [5, 5.41) is 4.06. The Hall–Kier alpha value is -0.950. The molecule has 0 heterocycles. The summed E-state index contributed by atoms with van der Waals surface area (Å²) in [6.45, 7) is 6.89. The maximum atomic E-state index is 5.87. The molecule has 0 bridgehead atoms. The number of hydrogen-bond donors (Lipinski definition) is 1. The van der Waals surface area contributed by atoms with Gasteiger partial charge in [0, 0.05) is 17.3 Å². The highest BCUT2D eigenvalue weighted by Crippen LogP contribution is 2.10. The SMILES string of the molecule is C=C(CCC)NCc1cccc(Cl)c1. The number of allylic oxidation sites excluding steroid dienone is 1. The summed E-state index contributed by atoms with van der Waals surface area (Å²) in [6, 6.07) is 7.86. The van der Waals surface area contributed by atoms with E-state index in [0.29, 0.717) is 0 Å². The van der Waals surface area contributed by atoms with Crippen molar-refractivity contribution in [3.05, 3.63) is 47.1 Å². The number of benzene rings is 1. The monoisotopic (exact) mass is 209 g/mol. The van der Waals surface area contributed by atoms with Gasteiger partial charge in [0.05, 0.1) is 0 Å². The molecule has 0 saturated heterocycles. The normalized spacial score (nSPS) is 9.86. The van der Waals surface area contributed by atoms with Crippen molar-refractivity contribution in [2.24, 2.45) is 0 Å². The van der Waals surface area contributed by atoms with Crippen LogP contribution in [0.5, 0.6) is 0 Å². The van der Waals surface area contributed by atoms with Crippen molar-refractivity contribution < 1.29 is 0 Å². The molecular formula is C12H16ClN. The zero-order chi connectivity index (χ0) is 10.4. The third-order valence-corrected chi connectivity index (χ3v) is 2.22. The molecule has 1 aromatic carbocycles. The van der Waals surface area contributed by atoms with Gasteiger partial charge in [0.15, 0.2) is 0 Å². The molecule has 1 aromatic rings. The van der Waals surface area contributed by atoms with Crippen LogP contribution in [-0.2, 0) is 6.54 Å². The van der Waals surface area contributed by atoms with Crippen LogP contribution in [0.15, 0.2) is 36.5 Å². The average molecular weight is 210 g/mol. The Morgan fingerprint density at radius 2 is 2.29 bits per heavy atom. The van der Waals surface area contributed by atoms with Crippen molar-refractivity contribution in [1.82, 2.24) is 5.32 Å². The lowest BCUT2D eigenvalue weighted by Crippen LogP contribution is -2.11. The zero-order valence-corrected chi connectivity index (χ0v) is 9.27. The predicted octanol–water partition coefficient (Wildman–Crippen LogP) is 3.74. The van der Waals surface area contributed by atoms with E-state index in [-0.39, 0.29) is 0 Å². The van der Waals surface area contributed by atoms with Crippen LogP contribution >= 0.6 is 11.6 Å². The Balaban J connectivity index is 2.41. The van der Waals surface area contributed by atoms with Crippen LogP contribution in [0, 0.1) is 0 Å². The first-order valence-corrected chi connectivity index (χ1v) is 5.26. The molecular weight excluding hydrogens is 194 g/mol. The second-order valence-corrected chi connectivity index (χ2v) is 3.77. The molecule has 0 spiro atoms. The first-order chi connectivity index (χ1) is 6.72. The van der Waals surface area contributed by atoms with Crippen LogP contribution in [0.4, 0.5) is 0 Å². The average Bonchev–Trinajstić information content (AvgIpc) is 2.15. The lowest BCUT2D eigenvalue weighted by atomic mass is 10.2. The second-order valence-electron chi connectivity index (χ2n) is 3.34. The van der Waals surface area contributed by atoms with Gasteiger partial charge in [-0.05, 0) is 24.1 Å². The minimum Gasteiger partial charge on any atom is -0.385 e. The molecule has 0 aliphatic carbocycles. The van der Waals surface area contributed by atoms with Crippen LogP contribution in [0.3, 0.4) is 0 Å². The van der Waals surface area contributed by atoms with Crippen LogP contribution in [0.1, 0.15) is 25.3 Å². The quantitative estimate of drug-likeness (QED) is 0.779. The van der Waals surface area contributed by atoms with E-state index in [9.17, 15) is 0 Å². The van der Waals surface area contributed by atoms with E-state index in [1.54, 1.807) is 0 Å². The summed E-state index contributed by atoms with van der Waals surface area (Å²) in [6.07, 6.45) is 2.15. The van der Waals surface area contributed by atoms with Crippen molar-refractivity contribution >= 4 is 11.6 Å². The van der Waals surface area contributed by atoms with E-state index in [2.05, 4.69) is 24.9 Å². The standard InChI is InChI=1S/C12H16ClN/c1-3-5-10(2)14-9-11-6-4-7-12(13)8-11/h4,6-8,14H,2-3,5,9H2,1H3. The van der Waals surface area contributed by atoms with Crippen molar-refractivity contribution in [2.45, 2.75) is 26.3 Å². The maximum absolute atomic E-state index is 5.87. The van der Waals surface area contributed by atoms with E-state index >= 15 is 0 Å². The van der Waals surface area contributed by atoms with E-state index in [0.717, 1.165) is 30.1 Å². The van der Waals surface area contributed by atoms with Gasteiger partial charge >= 0.3 is 0 Å². The summed E-state index contributed by atoms with van der Waals surface area (Å²) in [5.41, 5.74) is 2.28. The summed E-state index contributed by atoms with van der Waals surface area (Å²) in [4.78, 5) is 0. The van der Waals surface area contributed by atoms with Gasteiger partial charge in [-0.1, -0.05) is 43.7 Å². The van der Waals surface area contributed by atoms with Crippen molar-refractivity contribution in [3.63, 3.8) is 0 Å². The molecule has 1 nitrogen and oxygen atoms in total. The molecule has 0 amide bonds. The minimum atomic E-state index is 0.783.